The summed E-state index contributed by atoms with van der Waals surface area (Å²) in [6.07, 6.45) is 6.04. The van der Waals surface area contributed by atoms with Gasteiger partial charge in [-0.25, -0.2) is 4.39 Å². The fourth-order valence-corrected chi connectivity index (χ4v) is 4.89. The first-order valence-corrected chi connectivity index (χ1v) is 13.3. The number of hydrogen-bond acceptors (Lipinski definition) is 8. The van der Waals surface area contributed by atoms with Crippen LogP contribution in [-0.2, 0) is 0 Å². The molecule has 1 aromatic heterocycles. The van der Waals surface area contributed by atoms with Crippen LogP contribution in [-0.4, -0.2) is 22.1 Å². The second kappa shape index (κ2) is 10.6. The summed E-state index contributed by atoms with van der Waals surface area (Å²) in [4.78, 5) is 4.46. The SMILES string of the molecule is CC(C)(C)[C@@H](CC#N)Nc1c(C#N)cnc2c(Cl)cc(NC(C3=CN(C4CC4)NN3)c3ccc(F)cc3)cc12. The Bertz CT molecular complexity index is 1500. The summed E-state index contributed by atoms with van der Waals surface area (Å²) in [5.74, 6) is -0.311. The highest BCUT2D eigenvalue weighted by atomic mass is 35.5. The van der Waals surface area contributed by atoms with Gasteiger partial charge in [0.1, 0.15) is 11.9 Å². The molecular weight excluding hydrogens is 515 g/mol. The average molecular weight is 545 g/mol. The highest BCUT2D eigenvalue weighted by molar-refractivity contribution is 6.35. The smallest absolute Gasteiger partial charge is 0.123 e. The molecule has 1 unspecified atom stereocenters. The van der Waals surface area contributed by atoms with Gasteiger partial charge in [0.2, 0.25) is 0 Å². The minimum absolute atomic E-state index is 0.213. The fourth-order valence-electron chi connectivity index (χ4n) is 4.62. The maximum Gasteiger partial charge on any atom is 0.123 e. The van der Waals surface area contributed by atoms with E-state index in [4.69, 9.17) is 11.6 Å². The molecule has 1 fully saturated rings. The monoisotopic (exact) mass is 544 g/mol. The summed E-state index contributed by atoms with van der Waals surface area (Å²) < 4.78 is 13.8. The number of aromatic nitrogens is 1. The van der Waals surface area contributed by atoms with Gasteiger partial charge in [0, 0.05) is 35.6 Å². The first-order valence-electron chi connectivity index (χ1n) is 12.9. The van der Waals surface area contributed by atoms with Gasteiger partial charge in [-0.1, -0.05) is 44.5 Å². The zero-order valence-corrected chi connectivity index (χ0v) is 22.8. The molecule has 0 saturated heterocycles. The molecule has 8 nitrogen and oxygen atoms in total. The first kappa shape index (κ1) is 26.6. The topological polar surface area (TPSA) is 112 Å². The van der Waals surface area contributed by atoms with Crippen LogP contribution in [0.5, 0.6) is 0 Å². The highest BCUT2D eigenvalue weighted by Gasteiger charge is 2.32. The van der Waals surface area contributed by atoms with Gasteiger partial charge in [-0.05, 0) is 48.1 Å². The second-order valence-electron chi connectivity index (χ2n) is 11.0. The molecule has 1 saturated carbocycles. The molecule has 1 aliphatic heterocycles. The number of nitrogens with zero attached hydrogens (tertiary/aromatic N) is 4. The number of fused-ring (bicyclic) bond motifs is 1. The molecule has 4 N–H and O–H groups in total. The molecule has 0 spiro atoms. The molecule has 0 bridgehead atoms. The van der Waals surface area contributed by atoms with Gasteiger partial charge < -0.3 is 16.1 Å². The zero-order valence-electron chi connectivity index (χ0n) is 22.0. The van der Waals surface area contributed by atoms with E-state index in [1.165, 1.54) is 18.3 Å². The predicted octanol–water partition coefficient (Wildman–Crippen LogP) is 6.12. The van der Waals surface area contributed by atoms with Gasteiger partial charge in [-0.2, -0.15) is 10.5 Å². The van der Waals surface area contributed by atoms with E-state index in [2.05, 4.69) is 38.7 Å². The van der Waals surface area contributed by atoms with E-state index < -0.39 is 0 Å². The standard InChI is InChI=1S/C29H30ClFN8/c1-29(2,3)25(10-11-32)36-26-18(14-33)15-34-28-22(26)12-20(13-23(28)30)35-27(17-4-6-19(31)7-5-17)24-16-39(38-37-24)21-8-9-21/h4-7,12-13,15-16,21,25,27,35,37-38H,8-10H2,1-3H3,(H,34,36)/t25-,27?/m1/s1. The number of benzene rings is 2. The molecule has 0 amide bonds. The van der Waals surface area contributed by atoms with E-state index in [0.717, 1.165) is 24.1 Å². The van der Waals surface area contributed by atoms with Crippen LogP contribution in [0.2, 0.25) is 5.02 Å². The number of nitrogens with one attached hydrogen (secondary N) is 4. The third-order valence-electron chi connectivity index (χ3n) is 7.08. The molecule has 0 radical (unpaired) electrons. The molecule has 2 heterocycles. The highest BCUT2D eigenvalue weighted by Crippen LogP contribution is 2.38. The zero-order chi connectivity index (χ0) is 27.7. The van der Waals surface area contributed by atoms with Crippen molar-refractivity contribution in [2.45, 2.75) is 58.2 Å². The Labute approximate surface area is 232 Å². The summed E-state index contributed by atoms with van der Waals surface area (Å²) in [6.45, 7) is 6.14. The molecule has 2 atom stereocenters. The Kier molecular flexibility index (Phi) is 7.22. The van der Waals surface area contributed by atoms with Crippen molar-refractivity contribution in [3.8, 4) is 12.1 Å². The minimum atomic E-state index is -0.347. The maximum atomic E-state index is 13.8. The number of rotatable bonds is 8. The molecule has 1 aliphatic carbocycles. The number of hydrogen-bond donors (Lipinski definition) is 4. The van der Waals surface area contributed by atoms with Crippen molar-refractivity contribution < 1.29 is 4.39 Å². The lowest BCUT2D eigenvalue weighted by Gasteiger charge is -2.31. The molecule has 39 heavy (non-hydrogen) atoms. The van der Waals surface area contributed by atoms with E-state index in [1.807, 2.05) is 38.0 Å². The van der Waals surface area contributed by atoms with Crippen molar-refractivity contribution in [3.63, 3.8) is 0 Å². The Morgan fingerprint density at radius 1 is 1.18 bits per heavy atom. The maximum absolute atomic E-state index is 13.8. The summed E-state index contributed by atoms with van der Waals surface area (Å²) in [5, 5.41) is 29.5. The van der Waals surface area contributed by atoms with Gasteiger partial charge in [0.15, 0.2) is 0 Å². The quantitative estimate of drug-likeness (QED) is 0.268. The normalized spacial score (nSPS) is 16.6. The van der Waals surface area contributed by atoms with Crippen LogP contribution in [0.25, 0.3) is 10.9 Å². The van der Waals surface area contributed by atoms with Gasteiger partial charge in [-0.3, -0.25) is 9.99 Å². The van der Waals surface area contributed by atoms with Crippen LogP contribution in [0.1, 0.15) is 57.2 Å². The fraction of sp³-hybridized carbons (Fsp3) is 0.345. The summed E-state index contributed by atoms with van der Waals surface area (Å²) >= 11 is 6.73. The van der Waals surface area contributed by atoms with Gasteiger partial charge in [0.25, 0.3) is 0 Å². The number of nitriles is 2. The largest absolute Gasteiger partial charge is 0.379 e. The molecule has 10 heteroatoms. The lowest BCUT2D eigenvalue weighted by molar-refractivity contribution is 0.260. The van der Waals surface area contributed by atoms with Crippen molar-refractivity contribution in [1.29, 1.82) is 10.5 Å². The van der Waals surface area contributed by atoms with Crippen LogP contribution in [0.15, 0.2) is 54.5 Å². The van der Waals surface area contributed by atoms with Crippen LogP contribution < -0.4 is 21.6 Å². The molecule has 5 rings (SSSR count). The van der Waals surface area contributed by atoms with Crippen molar-refractivity contribution >= 4 is 33.9 Å². The lowest BCUT2D eigenvalue weighted by atomic mass is 9.84. The Balaban J connectivity index is 1.57. The van der Waals surface area contributed by atoms with Crippen molar-refractivity contribution in [2.75, 3.05) is 10.6 Å². The molecule has 3 aromatic rings. The first-order chi connectivity index (χ1) is 18.7. The van der Waals surface area contributed by atoms with Crippen LogP contribution in [0.4, 0.5) is 15.8 Å². The Morgan fingerprint density at radius 3 is 2.56 bits per heavy atom. The van der Waals surface area contributed by atoms with Gasteiger partial charge >= 0.3 is 0 Å². The summed E-state index contributed by atoms with van der Waals surface area (Å²) in [7, 11) is 0. The van der Waals surface area contributed by atoms with E-state index in [1.54, 1.807) is 18.2 Å². The summed E-state index contributed by atoms with van der Waals surface area (Å²) in [5.41, 5.74) is 10.1. The Hall–Kier alpha value is -4.05. The number of hydrazine groups is 2. The third kappa shape index (κ3) is 5.70. The van der Waals surface area contributed by atoms with E-state index in [-0.39, 0.29) is 29.7 Å². The van der Waals surface area contributed by atoms with Crippen molar-refractivity contribution in [1.82, 2.24) is 21.0 Å². The van der Waals surface area contributed by atoms with Crippen LogP contribution in [0.3, 0.4) is 0 Å². The van der Waals surface area contributed by atoms with E-state index in [0.29, 0.717) is 38.9 Å². The van der Waals surface area contributed by atoms with E-state index >= 15 is 0 Å². The van der Waals surface area contributed by atoms with Crippen molar-refractivity contribution in [2.24, 2.45) is 5.41 Å². The van der Waals surface area contributed by atoms with Gasteiger partial charge in [0.05, 0.1) is 46.0 Å². The molecule has 200 valence electrons. The number of halogens is 2. The lowest BCUT2D eigenvalue weighted by Crippen LogP contribution is -2.38. The predicted molar refractivity (Wildman–Crippen MR) is 151 cm³/mol. The third-order valence-corrected chi connectivity index (χ3v) is 7.37. The number of anilines is 2. The Morgan fingerprint density at radius 2 is 1.92 bits per heavy atom. The number of pyridine rings is 1. The average Bonchev–Trinajstić information content (AvgIpc) is 3.64. The minimum Gasteiger partial charge on any atom is -0.379 e. The van der Waals surface area contributed by atoms with Crippen LogP contribution >= 0.6 is 11.6 Å². The van der Waals surface area contributed by atoms with E-state index in [9.17, 15) is 14.9 Å². The molecule has 2 aromatic carbocycles. The second-order valence-corrected chi connectivity index (χ2v) is 11.4. The molecular formula is C29H30ClFN8. The van der Waals surface area contributed by atoms with Gasteiger partial charge in [-0.15, -0.1) is 5.53 Å². The van der Waals surface area contributed by atoms with Crippen LogP contribution in [0, 0.1) is 33.9 Å². The molecule has 2 aliphatic rings. The summed E-state index contributed by atoms with van der Waals surface area (Å²) in [6, 6.07) is 14.4. The van der Waals surface area contributed by atoms with Crippen molar-refractivity contribution in [3.05, 3.63) is 76.5 Å².